The van der Waals surface area contributed by atoms with Crippen LogP contribution in [0.25, 0.3) is 0 Å². The number of hydrogen-bond acceptors (Lipinski definition) is 5. The molecule has 106 valence electrons. The van der Waals surface area contributed by atoms with Gasteiger partial charge in [0.25, 0.3) is 0 Å². The Morgan fingerprint density at radius 3 is 2.74 bits per heavy atom. The molecule has 0 unspecified atom stereocenters. The average Bonchev–Trinajstić information content (AvgIpc) is 2.37. The van der Waals surface area contributed by atoms with Gasteiger partial charge < -0.3 is 15.7 Å². The molecule has 0 saturated heterocycles. The lowest BCUT2D eigenvalue weighted by molar-refractivity contribution is -0.141. The van der Waals surface area contributed by atoms with Crippen molar-refractivity contribution in [2.24, 2.45) is 10.9 Å². The molecule has 1 heterocycles. The second kappa shape index (κ2) is 6.62. The maximum absolute atomic E-state index is 12.6. The Bertz CT molecular complexity index is 466. The van der Waals surface area contributed by atoms with Crippen molar-refractivity contribution in [2.75, 3.05) is 19.5 Å². The van der Waals surface area contributed by atoms with Gasteiger partial charge in [0.1, 0.15) is 10.7 Å². The monoisotopic (exact) mass is 295 g/mol. The molecule has 3 N–H and O–H groups in total. The van der Waals surface area contributed by atoms with E-state index in [0.29, 0.717) is 12.4 Å². The molecule has 0 aromatic carbocycles. The second-order valence-electron chi connectivity index (χ2n) is 3.37. The third kappa shape index (κ3) is 4.28. The van der Waals surface area contributed by atoms with E-state index in [9.17, 15) is 13.2 Å². The summed E-state index contributed by atoms with van der Waals surface area (Å²) in [7, 11) is 1.48. The topological polar surface area (TPSA) is 80.7 Å². The van der Waals surface area contributed by atoms with Crippen LogP contribution in [0.1, 0.15) is 11.3 Å². The van der Waals surface area contributed by atoms with Crippen molar-refractivity contribution in [3.63, 3.8) is 0 Å². The van der Waals surface area contributed by atoms with Crippen LogP contribution in [0, 0.1) is 0 Å². The van der Waals surface area contributed by atoms with Crippen LogP contribution < -0.4 is 5.73 Å². The summed E-state index contributed by atoms with van der Waals surface area (Å²) in [5.41, 5.74) is 4.52. The molecule has 0 saturated carbocycles. The van der Waals surface area contributed by atoms with Gasteiger partial charge in [0, 0.05) is 12.9 Å². The molecule has 0 amide bonds. The summed E-state index contributed by atoms with van der Waals surface area (Å²) in [6.45, 7) is 0.345. The molecule has 1 rings (SSSR count). The number of ether oxygens (including phenoxy) is 1. The fourth-order valence-corrected chi connectivity index (χ4v) is 2.11. The molecule has 0 atom stereocenters. The number of oxime groups is 1. The van der Waals surface area contributed by atoms with Crippen LogP contribution in [-0.4, -0.2) is 35.5 Å². The first-order valence-electron chi connectivity index (χ1n) is 5.08. The summed E-state index contributed by atoms with van der Waals surface area (Å²) in [6.07, 6.45) is -4.54. The molecule has 0 aliphatic rings. The summed E-state index contributed by atoms with van der Waals surface area (Å²) < 4.78 is 42.5. The van der Waals surface area contributed by atoms with Crippen LogP contribution in [0.15, 0.2) is 22.3 Å². The van der Waals surface area contributed by atoms with Crippen molar-refractivity contribution in [1.82, 2.24) is 4.98 Å². The first-order valence-corrected chi connectivity index (χ1v) is 6.06. The van der Waals surface area contributed by atoms with E-state index in [-0.39, 0.29) is 16.4 Å². The molecule has 0 spiro atoms. The molecule has 9 heteroatoms. The predicted octanol–water partition coefficient (Wildman–Crippen LogP) is 1.93. The number of thioether (sulfide) groups is 1. The van der Waals surface area contributed by atoms with Gasteiger partial charge in [-0.15, -0.1) is 11.8 Å². The van der Waals surface area contributed by atoms with Crippen molar-refractivity contribution in [3.8, 4) is 0 Å². The Labute approximate surface area is 111 Å². The van der Waals surface area contributed by atoms with Crippen molar-refractivity contribution < 1.29 is 23.1 Å². The number of alkyl halides is 3. The lowest BCUT2D eigenvalue weighted by Gasteiger charge is -2.11. The molecule has 5 nitrogen and oxygen atoms in total. The van der Waals surface area contributed by atoms with Gasteiger partial charge in [-0.2, -0.15) is 13.2 Å². The highest BCUT2D eigenvalue weighted by molar-refractivity contribution is 7.99. The normalized spacial score (nSPS) is 12.7. The first-order chi connectivity index (χ1) is 8.90. The Hall–Kier alpha value is -1.48. The number of pyridine rings is 1. The van der Waals surface area contributed by atoms with E-state index in [2.05, 4.69) is 10.1 Å². The van der Waals surface area contributed by atoms with Crippen LogP contribution in [-0.2, 0) is 10.9 Å². The summed E-state index contributed by atoms with van der Waals surface area (Å²) in [5.74, 6) is 0.109. The van der Waals surface area contributed by atoms with E-state index in [4.69, 9.17) is 15.7 Å². The van der Waals surface area contributed by atoms with Gasteiger partial charge in [0.15, 0.2) is 5.84 Å². The third-order valence-electron chi connectivity index (χ3n) is 2.06. The highest BCUT2D eigenvalue weighted by Crippen LogP contribution is 2.30. The van der Waals surface area contributed by atoms with Crippen molar-refractivity contribution in [2.45, 2.75) is 11.2 Å². The zero-order chi connectivity index (χ0) is 14.5. The van der Waals surface area contributed by atoms with Crippen LogP contribution in [0.2, 0.25) is 0 Å². The smallest absolute Gasteiger partial charge is 0.409 e. The number of amidine groups is 1. The van der Waals surface area contributed by atoms with Gasteiger partial charge >= 0.3 is 6.18 Å². The second-order valence-corrected chi connectivity index (χ2v) is 4.46. The van der Waals surface area contributed by atoms with Crippen molar-refractivity contribution in [3.05, 3.63) is 23.4 Å². The Morgan fingerprint density at radius 1 is 1.53 bits per heavy atom. The molecule has 0 bridgehead atoms. The van der Waals surface area contributed by atoms with Gasteiger partial charge in [-0.05, 0) is 12.1 Å². The molecule has 0 aliphatic carbocycles. The van der Waals surface area contributed by atoms with Crippen molar-refractivity contribution >= 4 is 17.6 Å². The van der Waals surface area contributed by atoms with Crippen LogP contribution in [0.3, 0.4) is 0 Å². The lowest BCUT2D eigenvalue weighted by atomic mass is 10.2. The SMILES string of the molecule is COCCSc1nc(C(F)(F)F)ccc1C(N)=NO. The van der Waals surface area contributed by atoms with E-state index in [1.165, 1.54) is 7.11 Å². The fourth-order valence-electron chi connectivity index (χ4n) is 1.18. The Kier molecular flexibility index (Phi) is 5.43. The standard InChI is InChI=1S/C10H12F3N3O2S/c1-18-4-5-19-9-6(8(14)16-17)2-3-7(15-9)10(11,12)13/h2-3,17H,4-5H2,1H3,(H2,14,16). The first kappa shape index (κ1) is 15.6. The maximum atomic E-state index is 12.6. The highest BCUT2D eigenvalue weighted by Gasteiger charge is 2.33. The summed E-state index contributed by atoms with van der Waals surface area (Å²) >= 11 is 1.04. The van der Waals surface area contributed by atoms with Gasteiger partial charge in [0.05, 0.1) is 12.2 Å². The largest absolute Gasteiger partial charge is 0.433 e. The summed E-state index contributed by atoms with van der Waals surface area (Å²) in [6, 6.07) is 1.91. The zero-order valence-electron chi connectivity index (χ0n) is 9.94. The molecule has 1 aromatic heterocycles. The van der Waals surface area contributed by atoms with Crippen LogP contribution >= 0.6 is 11.8 Å². The highest BCUT2D eigenvalue weighted by atomic mass is 32.2. The van der Waals surface area contributed by atoms with E-state index >= 15 is 0 Å². The van der Waals surface area contributed by atoms with Gasteiger partial charge in [0.2, 0.25) is 0 Å². The van der Waals surface area contributed by atoms with E-state index in [0.717, 1.165) is 23.9 Å². The quantitative estimate of drug-likeness (QED) is 0.217. The minimum absolute atomic E-state index is 0.0437. The molecular formula is C10H12F3N3O2S. The predicted molar refractivity (Wildman–Crippen MR) is 64.3 cm³/mol. The number of nitrogens with two attached hydrogens (primary N) is 1. The minimum Gasteiger partial charge on any atom is -0.409 e. The van der Waals surface area contributed by atoms with Crippen LogP contribution in [0.4, 0.5) is 13.2 Å². The average molecular weight is 295 g/mol. The van der Waals surface area contributed by atoms with E-state index in [1.807, 2.05) is 0 Å². The zero-order valence-corrected chi connectivity index (χ0v) is 10.8. The van der Waals surface area contributed by atoms with E-state index < -0.39 is 11.9 Å². The molecule has 1 aromatic rings. The van der Waals surface area contributed by atoms with Crippen LogP contribution in [0.5, 0.6) is 0 Å². The third-order valence-corrected chi connectivity index (χ3v) is 3.02. The molecule has 0 aliphatic heterocycles. The van der Waals surface area contributed by atoms with Gasteiger partial charge in [-0.1, -0.05) is 5.16 Å². The Morgan fingerprint density at radius 2 is 2.21 bits per heavy atom. The fraction of sp³-hybridized carbons (Fsp3) is 0.400. The lowest BCUT2D eigenvalue weighted by Crippen LogP contribution is -2.17. The number of halogens is 3. The minimum atomic E-state index is -4.54. The van der Waals surface area contributed by atoms with Gasteiger partial charge in [-0.3, -0.25) is 0 Å². The van der Waals surface area contributed by atoms with Gasteiger partial charge in [-0.25, -0.2) is 4.98 Å². The molecule has 0 radical (unpaired) electrons. The number of methoxy groups -OCH3 is 1. The number of rotatable bonds is 5. The van der Waals surface area contributed by atoms with E-state index in [1.54, 1.807) is 0 Å². The molecule has 0 fully saturated rings. The summed E-state index contributed by atoms with van der Waals surface area (Å²) in [4.78, 5) is 3.50. The summed E-state index contributed by atoms with van der Waals surface area (Å²) in [5, 5.41) is 11.4. The number of nitrogens with zero attached hydrogens (tertiary/aromatic N) is 2. The number of hydrogen-bond donors (Lipinski definition) is 2. The maximum Gasteiger partial charge on any atom is 0.433 e. The number of aromatic nitrogens is 1. The Balaban J connectivity index is 3.11. The molecule has 19 heavy (non-hydrogen) atoms. The van der Waals surface area contributed by atoms with Crippen molar-refractivity contribution in [1.29, 1.82) is 0 Å². The molecular weight excluding hydrogens is 283 g/mol.